The number of benzene rings is 1. The fourth-order valence-electron chi connectivity index (χ4n) is 3.43. The molecule has 1 heterocycles. The Bertz CT molecular complexity index is 600. The van der Waals surface area contributed by atoms with Crippen LogP contribution in [0.3, 0.4) is 0 Å². The van der Waals surface area contributed by atoms with E-state index in [9.17, 15) is 9.59 Å². The average Bonchev–Trinajstić information content (AvgIpc) is 2.87. The Hall–Kier alpha value is -1.88. The molecule has 1 aliphatic heterocycles. The first kappa shape index (κ1) is 15.0. The highest BCUT2D eigenvalue weighted by atomic mass is 16.2. The van der Waals surface area contributed by atoms with Gasteiger partial charge in [0.2, 0.25) is 5.91 Å². The van der Waals surface area contributed by atoms with Crippen molar-refractivity contribution in [3.8, 4) is 0 Å². The van der Waals surface area contributed by atoms with Crippen LogP contribution in [-0.4, -0.2) is 54.8 Å². The molecule has 5 heteroatoms. The summed E-state index contributed by atoms with van der Waals surface area (Å²) in [5.74, 6) is -0.623. The first-order chi connectivity index (χ1) is 10.5. The molecule has 1 saturated heterocycles. The number of carbonyl (C=O) groups is 2. The minimum atomic E-state index is -0.333. The number of amides is 2. The molecule has 118 valence electrons. The lowest BCUT2D eigenvalue weighted by molar-refractivity contribution is -0.122. The Kier molecular flexibility index (Phi) is 4.16. The van der Waals surface area contributed by atoms with Crippen molar-refractivity contribution in [1.82, 2.24) is 9.80 Å². The van der Waals surface area contributed by atoms with E-state index in [-0.39, 0.29) is 17.7 Å². The van der Waals surface area contributed by atoms with Gasteiger partial charge in [0, 0.05) is 31.7 Å². The fourth-order valence-corrected chi connectivity index (χ4v) is 3.43. The summed E-state index contributed by atoms with van der Waals surface area (Å²) in [7, 11) is 1.96. The van der Waals surface area contributed by atoms with Gasteiger partial charge >= 0.3 is 0 Å². The summed E-state index contributed by atoms with van der Waals surface area (Å²) < 4.78 is 0. The Balaban J connectivity index is 1.79. The molecule has 0 spiro atoms. The highest BCUT2D eigenvalue weighted by molar-refractivity contribution is 5.95. The lowest BCUT2D eigenvalue weighted by atomic mass is 10.0. The standard InChI is InChI=1S/C17H23N3O2/c1-19-7-8-20(11-15(10-19)16(18)21)17(22)14-6-5-12-3-2-4-13(12)9-14/h5-6,9,15H,2-4,7-8,10-11H2,1H3,(H2,18,21)/t15-/m0/s1. The number of hydrogen-bond acceptors (Lipinski definition) is 3. The van der Waals surface area contributed by atoms with Crippen molar-refractivity contribution in [3.05, 3.63) is 34.9 Å². The molecule has 0 aromatic heterocycles. The van der Waals surface area contributed by atoms with Crippen molar-refractivity contribution in [2.75, 3.05) is 33.2 Å². The van der Waals surface area contributed by atoms with E-state index in [0.29, 0.717) is 19.6 Å². The predicted molar refractivity (Wildman–Crippen MR) is 84.6 cm³/mol. The van der Waals surface area contributed by atoms with Gasteiger partial charge in [-0.15, -0.1) is 0 Å². The normalized spacial score (nSPS) is 22.2. The van der Waals surface area contributed by atoms with Crippen LogP contribution in [0.25, 0.3) is 0 Å². The number of aryl methyl sites for hydroxylation is 2. The molecule has 2 aliphatic rings. The predicted octanol–water partition coefficient (Wildman–Crippen LogP) is 0.664. The summed E-state index contributed by atoms with van der Waals surface area (Å²) in [6, 6.07) is 6.02. The van der Waals surface area contributed by atoms with E-state index < -0.39 is 0 Å². The molecular weight excluding hydrogens is 278 g/mol. The molecule has 5 nitrogen and oxygen atoms in total. The molecule has 2 amide bonds. The minimum absolute atomic E-state index is 0.0104. The van der Waals surface area contributed by atoms with Crippen LogP contribution in [0.5, 0.6) is 0 Å². The maximum absolute atomic E-state index is 12.8. The maximum atomic E-state index is 12.8. The summed E-state index contributed by atoms with van der Waals surface area (Å²) in [6.07, 6.45) is 3.34. The zero-order valence-electron chi connectivity index (χ0n) is 13.0. The number of fused-ring (bicyclic) bond motifs is 1. The van der Waals surface area contributed by atoms with Gasteiger partial charge < -0.3 is 15.5 Å². The molecule has 1 aromatic rings. The zero-order chi connectivity index (χ0) is 15.7. The highest BCUT2D eigenvalue weighted by Crippen LogP contribution is 2.23. The van der Waals surface area contributed by atoms with Gasteiger partial charge in [0.15, 0.2) is 0 Å². The molecule has 0 saturated carbocycles. The number of primary amides is 1. The molecule has 1 fully saturated rings. The number of nitrogens with zero attached hydrogens (tertiary/aromatic N) is 2. The zero-order valence-corrected chi connectivity index (χ0v) is 13.0. The molecule has 2 N–H and O–H groups in total. The van der Waals surface area contributed by atoms with E-state index in [2.05, 4.69) is 11.0 Å². The monoisotopic (exact) mass is 301 g/mol. The Labute approximate surface area is 131 Å². The molecule has 0 unspecified atom stereocenters. The van der Waals surface area contributed by atoms with E-state index >= 15 is 0 Å². The lowest BCUT2D eigenvalue weighted by Gasteiger charge is -2.23. The number of likely N-dealkylation sites (N-methyl/N-ethyl adjacent to an activating group) is 1. The Morgan fingerprint density at radius 2 is 1.91 bits per heavy atom. The largest absolute Gasteiger partial charge is 0.369 e. The van der Waals surface area contributed by atoms with Crippen LogP contribution < -0.4 is 5.73 Å². The first-order valence-corrected chi connectivity index (χ1v) is 7.93. The molecular formula is C17H23N3O2. The van der Waals surface area contributed by atoms with Gasteiger partial charge in [-0.2, -0.15) is 0 Å². The van der Waals surface area contributed by atoms with Crippen LogP contribution in [0.1, 0.15) is 27.9 Å². The van der Waals surface area contributed by atoms with Gasteiger partial charge in [-0.25, -0.2) is 0 Å². The third-order valence-electron chi connectivity index (χ3n) is 4.76. The molecule has 22 heavy (non-hydrogen) atoms. The topological polar surface area (TPSA) is 66.6 Å². The van der Waals surface area contributed by atoms with Crippen molar-refractivity contribution in [2.24, 2.45) is 11.7 Å². The lowest BCUT2D eigenvalue weighted by Crippen LogP contribution is -2.40. The molecule has 3 rings (SSSR count). The van der Waals surface area contributed by atoms with E-state index in [1.165, 1.54) is 17.5 Å². The third kappa shape index (κ3) is 2.99. The van der Waals surface area contributed by atoms with Crippen LogP contribution in [0.15, 0.2) is 18.2 Å². The van der Waals surface area contributed by atoms with Crippen molar-refractivity contribution in [2.45, 2.75) is 19.3 Å². The SMILES string of the molecule is CN1CCN(C(=O)c2ccc3c(c2)CCC3)C[C@@H](C(N)=O)C1. The fraction of sp³-hybridized carbons (Fsp3) is 0.529. The number of carbonyl (C=O) groups excluding carboxylic acids is 2. The number of hydrogen-bond donors (Lipinski definition) is 1. The average molecular weight is 301 g/mol. The van der Waals surface area contributed by atoms with E-state index in [4.69, 9.17) is 5.73 Å². The minimum Gasteiger partial charge on any atom is -0.369 e. The molecule has 1 aliphatic carbocycles. The van der Waals surface area contributed by atoms with Gasteiger partial charge in [-0.1, -0.05) is 6.07 Å². The first-order valence-electron chi connectivity index (χ1n) is 7.93. The number of rotatable bonds is 2. The molecule has 0 bridgehead atoms. The summed E-state index contributed by atoms with van der Waals surface area (Å²) in [4.78, 5) is 28.2. The summed E-state index contributed by atoms with van der Waals surface area (Å²) in [5.41, 5.74) is 8.86. The number of nitrogens with two attached hydrogens (primary N) is 1. The molecule has 0 radical (unpaired) electrons. The Morgan fingerprint density at radius 1 is 1.14 bits per heavy atom. The second-order valence-corrected chi connectivity index (χ2v) is 6.45. The van der Waals surface area contributed by atoms with Crippen LogP contribution in [0.4, 0.5) is 0 Å². The quantitative estimate of drug-likeness (QED) is 0.873. The maximum Gasteiger partial charge on any atom is 0.253 e. The van der Waals surface area contributed by atoms with Crippen LogP contribution >= 0.6 is 0 Å². The van der Waals surface area contributed by atoms with Crippen LogP contribution in [-0.2, 0) is 17.6 Å². The van der Waals surface area contributed by atoms with Crippen LogP contribution in [0.2, 0.25) is 0 Å². The van der Waals surface area contributed by atoms with Gasteiger partial charge in [0.1, 0.15) is 0 Å². The van der Waals surface area contributed by atoms with E-state index in [1.807, 2.05) is 19.2 Å². The van der Waals surface area contributed by atoms with Gasteiger partial charge in [0.05, 0.1) is 5.92 Å². The van der Waals surface area contributed by atoms with Crippen molar-refractivity contribution < 1.29 is 9.59 Å². The van der Waals surface area contributed by atoms with Gasteiger partial charge in [0.25, 0.3) is 5.91 Å². The Morgan fingerprint density at radius 3 is 2.68 bits per heavy atom. The second kappa shape index (κ2) is 6.08. The van der Waals surface area contributed by atoms with E-state index in [1.54, 1.807) is 4.90 Å². The molecule has 1 aromatic carbocycles. The third-order valence-corrected chi connectivity index (χ3v) is 4.76. The highest BCUT2D eigenvalue weighted by Gasteiger charge is 2.28. The van der Waals surface area contributed by atoms with Gasteiger partial charge in [-0.3, -0.25) is 9.59 Å². The summed E-state index contributed by atoms with van der Waals surface area (Å²) in [6.45, 7) is 2.43. The van der Waals surface area contributed by atoms with Gasteiger partial charge in [-0.05, 0) is 49.6 Å². The van der Waals surface area contributed by atoms with Crippen molar-refractivity contribution in [3.63, 3.8) is 0 Å². The van der Waals surface area contributed by atoms with Crippen molar-refractivity contribution in [1.29, 1.82) is 0 Å². The molecule has 1 atom stereocenters. The smallest absolute Gasteiger partial charge is 0.253 e. The summed E-state index contributed by atoms with van der Waals surface area (Å²) in [5, 5.41) is 0. The van der Waals surface area contributed by atoms with Crippen molar-refractivity contribution >= 4 is 11.8 Å². The van der Waals surface area contributed by atoms with Crippen LogP contribution in [0, 0.1) is 5.92 Å². The second-order valence-electron chi connectivity index (χ2n) is 6.45. The summed E-state index contributed by atoms with van der Waals surface area (Å²) >= 11 is 0. The van der Waals surface area contributed by atoms with E-state index in [0.717, 1.165) is 24.9 Å².